The van der Waals surface area contributed by atoms with Crippen molar-refractivity contribution in [1.82, 2.24) is 0 Å². The minimum absolute atomic E-state index is 0. The third-order valence-electron chi connectivity index (χ3n) is 10.1. The molecule has 0 spiro atoms. The summed E-state index contributed by atoms with van der Waals surface area (Å²) in [6.45, 7) is 2.71. The number of fused-ring (bicyclic) bond motifs is 8. The van der Waals surface area contributed by atoms with Crippen molar-refractivity contribution in [3.05, 3.63) is 95.1 Å². The van der Waals surface area contributed by atoms with Crippen LogP contribution in [0, 0.1) is 0 Å². The third kappa shape index (κ3) is 9.49. The number of benzene rings is 4. The number of aliphatic carboxylic acids is 1. The number of nitrogens with zero attached hydrogens (tertiary/aromatic N) is 4. The summed E-state index contributed by atoms with van der Waals surface area (Å²) in [5.74, 6) is 0.469. The normalized spacial score (nSPS) is 16.1. The van der Waals surface area contributed by atoms with Gasteiger partial charge in [-0.1, -0.05) is 36.4 Å². The molecule has 16 heteroatoms. The molecule has 0 fully saturated rings. The molecule has 4 heterocycles. The Morgan fingerprint density at radius 1 is 0.700 bits per heavy atom. The number of ether oxygens (including phenoxy) is 5. The average Bonchev–Trinajstić information content (AvgIpc) is 3.72. The zero-order valence-corrected chi connectivity index (χ0v) is 34.0. The molecule has 0 aromatic heterocycles. The molecular formula is C44H45LiN4O11. The van der Waals surface area contributed by atoms with Gasteiger partial charge in [0.1, 0.15) is 0 Å². The number of aliphatic imine (C=N–C) groups is 2. The Morgan fingerprint density at radius 2 is 1.15 bits per heavy atom. The van der Waals surface area contributed by atoms with Crippen LogP contribution in [-0.4, -0.2) is 92.9 Å². The van der Waals surface area contributed by atoms with E-state index in [2.05, 4.69) is 9.98 Å². The number of esters is 1. The molecule has 2 atom stereocenters. The summed E-state index contributed by atoms with van der Waals surface area (Å²) < 4.78 is 27.3. The van der Waals surface area contributed by atoms with E-state index in [1.807, 2.05) is 54.7 Å². The van der Waals surface area contributed by atoms with Crippen LogP contribution in [0.2, 0.25) is 0 Å². The first-order valence-electron chi connectivity index (χ1n) is 19.2. The molecule has 2 N–H and O–H groups in total. The van der Waals surface area contributed by atoms with Crippen LogP contribution in [0.4, 0.5) is 22.7 Å². The summed E-state index contributed by atoms with van der Waals surface area (Å²) in [5, 5.41) is 8.74. The van der Waals surface area contributed by atoms with Gasteiger partial charge < -0.3 is 34.3 Å². The van der Waals surface area contributed by atoms with Gasteiger partial charge in [0.15, 0.2) is 23.0 Å². The first kappa shape index (κ1) is 45.0. The van der Waals surface area contributed by atoms with Crippen LogP contribution in [-0.2, 0) is 27.2 Å². The fourth-order valence-corrected chi connectivity index (χ4v) is 7.41. The minimum atomic E-state index is -0.867. The number of carboxylic acid groups (broad SMARTS) is 1. The average molecular weight is 813 g/mol. The number of anilines is 2. The molecule has 0 unspecified atom stereocenters. The van der Waals surface area contributed by atoms with Gasteiger partial charge in [-0.25, -0.2) is 0 Å². The minimum Gasteiger partial charge on any atom is -0.870 e. The van der Waals surface area contributed by atoms with Gasteiger partial charge in [0.2, 0.25) is 0 Å². The predicted octanol–water partition coefficient (Wildman–Crippen LogP) is 3.76. The van der Waals surface area contributed by atoms with Crippen LogP contribution >= 0.6 is 0 Å². The molecule has 308 valence electrons. The number of hydrogen-bond donors (Lipinski definition) is 1. The van der Waals surface area contributed by atoms with Gasteiger partial charge in [-0.2, -0.15) is 0 Å². The zero-order chi connectivity index (χ0) is 40.8. The maximum Gasteiger partial charge on any atom is 1.00 e. The molecule has 0 radical (unpaired) electrons. The van der Waals surface area contributed by atoms with Gasteiger partial charge in [-0.05, 0) is 55.2 Å². The monoisotopic (exact) mass is 812 g/mol. The van der Waals surface area contributed by atoms with Gasteiger partial charge in [-0.3, -0.25) is 39.0 Å². The van der Waals surface area contributed by atoms with Crippen molar-refractivity contribution < 1.29 is 72.3 Å². The van der Waals surface area contributed by atoms with Crippen molar-refractivity contribution in [2.24, 2.45) is 9.98 Å². The maximum atomic E-state index is 13.4. The van der Waals surface area contributed by atoms with Crippen LogP contribution in [0.3, 0.4) is 0 Å². The molecule has 0 aliphatic carbocycles. The standard InChI is InChI=1S/C23H24N2O5.C21H20N2O5.Li.H2O/c1-3-29-22(26)9-6-10-30-21-13-18-17(12-20(21)28-2)23(27)25-16(14-24-18)11-15-7-4-5-8-19(15)25;1-27-18-10-15-16(11-19(18)28-8-4-7-20(24)25)22-12-14-9-13-5-2-3-6-17(13)23(14)21(15)26;;/h4-5,7-8,12-14,16H,3,6,9-11H2,1-2H3;2-3,5-6,10-12,14H,4,7-9H2,1H3,(H,24,25);;1H2/q;;+1;/p-1/t16-;14-;;/m00../s1. The van der Waals surface area contributed by atoms with Crippen molar-refractivity contribution >= 4 is 58.9 Å². The molecular weight excluding hydrogens is 767 g/mol. The number of carbonyl (C=O) groups is 4. The van der Waals surface area contributed by atoms with Gasteiger partial charge in [0.05, 0.1) is 68.6 Å². The van der Waals surface area contributed by atoms with Crippen molar-refractivity contribution in [2.75, 3.05) is 43.8 Å². The van der Waals surface area contributed by atoms with Crippen LogP contribution in [0.5, 0.6) is 23.0 Å². The molecule has 4 aromatic carbocycles. The third-order valence-corrected chi connectivity index (χ3v) is 10.1. The zero-order valence-electron chi connectivity index (χ0n) is 34.0. The quantitative estimate of drug-likeness (QED) is 0.117. The second-order valence-corrected chi connectivity index (χ2v) is 13.9. The fraction of sp³-hybridized carbons (Fsp3) is 0.318. The molecule has 0 saturated heterocycles. The van der Waals surface area contributed by atoms with Gasteiger partial charge >= 0.3 is 30.8 Å². The summed E-state index contributed by atoms with van der Waals surface area (Å²) in [6.07, 6.45) is 6.31. The summed E-state index contributed by atoms with van der Waals surface area (Å²) in [4.78, 5) is 61.4. The SMILES string of the molecule is CCOC(=O)CCCOc1cc2c(cc1OC)C(=O)N1c3ccccc3C[C@H]1C=N2.COc1cc2c(cc1OCCCC(=O)O)N=C[C@@H]1Cc3ccccc3N1C2=O.[Li+].[OH-]. The van der Waals surface area contributed by atoms with Crippen LogP contribution in [0.25, 0.3) is 0 Å². The van der Waals surface area contributed by atoms with Gasteiger partial charge in [-0.15, -0.1) is 0 Å². The van der Waals surface area contributed by atoms with E-state index in [1.54, 1.807) is 47.2 Å². The van der Waals surface area contributed by atoms with Gasteiger partial charge in [0.25, 0.3) is 11.8 Å². The molecule has 4 aliphatic rings. The van der Waals surface area contributed by atoms with E-state index in [1.165, 1.54) is 14.2 Å². The predicted molar refractivity (Wildman–Crippen MR) is 219 cm³/mol. The number of amides is 2. The van der Waals surface area contributed by atoms with E-state index in [0.29, 0.717) is 71.6 Å². The number of carboxylic acids is 1. The van der Waals surface area contributed by atoms with E-state index in [9.17, 15) is 19.2 Å². The number of hydrogen-bond acceptors (Lipinski definition) is 12. The fourth-order valence-electron chi connectivity index (χ4n) is 7.41. The van der Waals surface area contributed by atoms with Gasteiger partial charge in [0, 0.05) is 61.6 Å². The van der Waals surface area contributed by atoms with Crippen molar-refractivity contribution in [3.63, 3.8) is 0 Å². The van der Waals surface area contributed by atoms with Crippen LogP contribution < -0.4 is 47.6 Å². The second-order valence-electron chi connectivity index (χ2n) is 13.9. The molecule has 4 aliphatic heterocycles. The van der Waals surface area contributed by atoms with Crippen LogP contribution in [0.15, 0.2) is 82.8 Å². The molecule has 8 rings (SSSR count). The van der Waals surface area contributed by atoms with E-state index >= 15 is 0 Å². The van der Waals surface area contributed by atoms with E-state index in [0.717, 1.165) is 35.3 Å². The number of carbonyl (C=O) groups excluding carboxylic acids is 3. The summed E-state index contributed by atoms with van der Waals surface area (Å²) in [5.41, 5.74) is 6.08. The topological polar surface area (TPSA) is 196 Å². The van der Waals surface area contributed by atoms with Crippen molar-refractivity contribution in [1.29, 1.82) is 0 Å². The number of para-hydroxylation sites is 2. The number of rotatable bonds is 13. The molecule has 60 heavy (non-hydrogen) atoms. The largest absolute Gasteiger partial charge is 1.00 e. The van der Waals surface area contributed by atoms with Crippen LogP contribution in [0.1, 0.15) is 64.4 Å². The molecule has 15 nitrogen and oxygen atoms in total. The maximum absolute atomic E-state index is 13.4. The smallest absolute Gasteiger partial charge is 0.870 e. The molecule has 0 bridgehead atoms. The molecule has 4 aromatic rings. The Bertz CT molecular complexity index is 2300. The van der Waals surface area contributed by atoms with E-state index < -0.39 is 5.97 Å². The summed E-state index contributed by atoms with van der Waals surface area (Å²) in [7, 11) is 3.04. The Labute approximate surface area is 359 Å². The Balaban J connectivity index is 0.000000221. The number of methoxy groups -OCH3 is 2. The van der Waals surface area contributed by atoms with E-state index in [-0.39, 0.29) is 73.7 Å². The first-order valence-corrected chi connectivity index (χ1v) is 19.2. The first-order chi connectivity index (χ1) is 28.2. The second kappa shape index (κ2) is 20.2. The molecule has 2 amide bonds. The molecule has 0 saturated carbocycles. The van der Waals surface area contributed by atoms with Crippen molar-refractivity contribution in [3.8, 4) is 23.0 Å². The van der Waals surface area contributed by atoms with Crippen molar-refractivity contribution in [2.45, 2.75) is 57.5 Å². The summed E-state index contributed by atoms with van der Waals surface area (Å²) in [6, 6.07) is 22.3. The van der Waals surface area contributed by atoms with E-state index in [4.69, 9.17) is 28.8 Å². The Morgan fingerprint density at radius 3 is 1.58 bits per heavy atom. The Hall–Kier alpha value is -6.14. The summed E-state index contributed by atoms with van der Waals surface area (Å²) >= 11 is 0. The Kier molecular flexibility index (Phi) is 15.1.